The summed E-state index contributed by atoms with van der Waals surface area (Å²) in [5, 5.41) is 0. The van der Waals surface area contributed by atoms with Crippen molar-refractivity contribution in [3.63, 3.8) is 0 Å². The third-order valence-electron chi connectivity index (χ3n) is 2.75. The van der Waals surface area contributed by atoms with Crippen molar-refractivity contribution in [2.45, 2.75) is 18.9 Å². The Balaban J connectivity index is 1.84. The number of carbonyl (C=O) groups excluding carboxylic acids is 1. The predicted octanol–water partition coefficient (Wildman–Crippen LogP) is 0.533. The number of amides is 2. The Morgan fingerprint density at radius 2 is 2.38 bits per heavy atom. The van der Waals surface area contributed by atoms with E-state index in [9.17, 15) is 4.79 Å². The van der Waals surface area contributed by atoms with Crippen LogP contribution >= 0.6 is 0 Å². The first-order valence-electron chi connectivity index (χ1n) is 4.89. The lowest BCUT2D eigenvalue weighted by Gasteiger charge is -2.19. The molecule has 2 amide bonds. The van der Waals surface area contributed by atoms with Crippen molar-refractivity contribution in [3.05, 3.63) is 0 Å². The Labute approximate surface area is 78.4 Å². The summed E-state index contributed by atoms with van der Waals surface area (Å²) in [6.07, 6.45) is 2.53. The zero-order valence-corrected chi connectivity index (χ0v) is 8.03. The highest BCUT2D eigenvalue weighted by Crippen LogP contribution is 2.15. The van der Waals surface area contributed by atoms with Crippen LogP contribution in [0.25, 0.3) is 0 Å². The smallest absolute Gasteiger partial charge is 0.319 e. The molecule has 0 aromatic rings. The molecular formula is C9H16N2O2. The van der Waals surface area contributed by atoms with Crippen LogP contribution in [-0.4, -0.2) is 55.2 Å². The van der Waals surface area contributed by atoms with E-state index in [-0.39, 0.29) is 12.1 Å². The zero-order chi connectivity index (χ0) is 9.26. The molecule has 0 aromatic carbocycles. The Hall–Kier alpha value is -0.770. The average molecular weight is 184 g/mol. The molecule has 4 heteroatoms. The highest BCUT2D eigenvalue weighted by molar-refractivity contribution is 5.76. The molecule has 74 valence electrons. The molecule has 2 rings (SSSR count). The number of hydrogen-bond donors (Lipinski definition) is 0. The van der Waals surface area contributed by atoms with E-state index in [2.05, 4.69) is 0 Å². The van der Waals surface area contributed by atoms with Crippen molar-refractivity contribution in [2.24, 2.45) is 0 Å². The topological polar surface area (TPSA) is 32.8 Å². The second-order valence-corrected chi connectivity index (χ2v) is 3.79. The molecule has 2 aliphatic rings. The van der Waals surface area contributed by atoms with Crippen molar-refractivity contribution in [1.29, 1.82) is 0 Å². The van der Waals surface area contributed by atoms with Gasteiger partial charge in [-0.25, -0.2) is 4.79 Å². The van der Waals surface area contributed by atoms with Gasteiger partial charge in [-0.1, -0.05) is 0 Å². The van der Waals surface area contributed by atoms with Crippen LogP contribution < -0.4 is 0 Å². The van der Waals surface area contributed by atoms with Crippen LogP contribution in [0.5, 0.6) is 0 Å². The van der Waals surface area contributed by atoms with Crippen molar-refractivity contribution in [3.8, 4) is 0 Å². The van der Waals surface area contributed by atoms with Crippen LogP contribution in [0, 0.1) is 0 Å². The quantitative estimate of drug-likeness (QED) is 0.627. The van der Waals surface area contributed by atoms with Crippen molar-refractivity contribution in [2.75, 3.05) is 33.3 Å². The highest BCUT2D eigenvalue weighted by Gasteiger charge is 2.28. The molecule has 0 saturated carbocycles. The third-order valence-corrected chi connectivity index (χ3v) is 2.75. The molecule has 2 aliphatic heterocycles. The zero-order valence-electron chi connectivity index (χ0n) is 8.03. The number of urea groups is 1. The molecule has 0 spiro atoms. The number of ether oxygens (including phenoxy) is 1. The molecule has 1 atom stereocenters. The molecule has 0 aliphatic carbocycles. The number of rotatable bonds is 2. The molecule has 13 heavy (non-hydrogen) atoms. The van der Waals surface area contributed by atoms with Gasteiger partial charge < -0.3 is 14.5 Å². The lowest BCUT2D eigenvalue weighted by Crippen LogP contribution is -2.35. The van der Waals surface area contributed by atoms with E-state index >= 15 is 0 Å². The SMILES string of the molecule is CN1CCN(CC2CCCO2)C1=O. The fourth-order valence-electron chi connectivity index (χ4n) is 1.91. The van der Waals surface area contributed by atoms with E-state index < -0.39 is 0 Å². The summed E-state index contributed by atoms with van der Waals surface area (Å²) >= 11 is 0. The van der Waals surface area contributed by atoms with Crippen molar-refractivity contribution < 1.29 is 9.53 Å². The first-order chi connectivity index (χ1) is 6.27. The van der Waals surface area contributed by atoms with Gasteiger partial charge in [0.05, 0.1) is 6.10 Å². The van der Waals surface area contributed by atoms with E-state index in [1.807, 2.05) is 11.9 Å². The first kappa shape index (κ1) is 8.81. The molecule has 0 N–H and O–H groups in total. The maximum Gasteiger partial charge on any atom is 0.319 e. The van der Waals surface area contributed by atoms with Crippen LogP contribution in [0.1, 0.15) is 12.8 Å². The first-order valence-corrected chi connectivity index (χ1v) is 4.89. The van der Waals surface area contributed by atoms with E-state index in [4.69, 9.17) is 4.74 Å². The van der Waals surface area contributed by atoms with Gasteiger partial charge in [-0.15, -0.1) is 0 Å². The summed E-state index contributed by atoms with van der Waals surface area (Å²) < 4.78 is 5.49. The van der Waals surface area contributed by atoms with E-state index in [1.165, 1.54) is 0 Å². The highest BCUT2D eigenvalue weighted by atomic mass is 16.5. The number of carbonyl (C=O) groups is 1. The maximum atomic E-state index is 11.5. The molecule has 4 nitrogen and oxygen atoms in total. The molecule has 0 bridgehead atoms. The van der Waals surface area contributed by atoms with Gasteiger partial charge in [0.15, 0.2) is 0 Å². The minimum Gasteiger partial charge on any atom is -0.376 e. The lowest BCUT2D eigenvalue weighted by molar-refractivity contribution is 0.0860. The number of likely N-dealkylation sites (N-methyl/N-ethyl adjacent to an activating group) is 1. The molecule has 0 radical (unpaired) electrons. The molecular weight excluding hydrogens is 168 g/mol. The van der Waals surface area contributed by atoms with Gasteiger partial charge in [0.1, 0.15) is 0 Å². The van der Waals surface area contributed by atoms with Crippen LogP contribution in [0.15, 0.2) is 0 Å². The summed E-state index contributed by atoms with van der Waals surface area (Å²) in [4.78, 5) is 15.1. The normalized spacial score (nSPS) is 29.0. The minimum absolute atomic E-state index is 0.149. The van der Waals surface area contributed by atoms with Crippen LogP contribution in [0.3, 0.4) is 0 Å². The molecule has 1 unspecified atom stereocenters. The van der Waals surface area contributed by atoms with Gasteiger partial charge in [0, 0.05) is 33.3 Å². The van der Waals surface area contributed by atoms with Crippen LogP contribution in [-0.2, 0) is 4.74 Å². The minimum atomic E-state index is 0.149. The monoisotopic (exact) mass is 184 g/mol. The van der Waals surface area contributed by atoms with Crippen molar-refractivity contribution >= 4 is 6.03 Å². The second-order valence-electron chi connectivity index (χ2n) is 3.79. The van der Waals surface area contributed by atoms with E-state index in [0.717, 1.165) is 39.1 Å². The number of hydrogen-bond acceptors (Lipinski definition) is 2. The molecule has 2 saturated heterocycles. The largest absolute Gasteiger partial charge is 0.376 e. The Bertz CT molecular complexity index is 202. The van der Waals surface area contributed by atoms with Gasteiger partial charge >= 0.3 is 6.03 Å². The predicted molar refractivity (Wildman–Crippen MR) is 48.6 cm³/mol. The summed E-state index contributed by atoms with van der Waals surface area (Å²) in [7, 11) is 1.85. The lowest BCUT2D eigenvalue weighted by atomic mass is 10.2. The summed E-state index contributed by atoms with van der Waals surface area (Å²) in [6.45, 7) is 3.35. The second kappa shape index (κ2) is 3.54. The Morgan fingerprint density at radius 3 is 2.92 bits per heavy atom. The molecule has 2 fully saturated rings. The third kappa shape index (κ3) is 1.77. The van der Waals surface area contributed by atoms with Gasteiger partial charge in [-0.3, -0.25) is 0 Å². The summed E-state index contributed by atoms with van der Waals surface area (Å²) in [6, 6.07) is 0.149. The molecule has 0 aromatic heterocycles. The van der Waals surface area contributed by atoms with E-state index in [1.54, 1.807) is 4.90 Å². The standard InChI is InChI=1S/C9H16N2O2/c1-10-4-5-11(9(10)12)7-8-3-2-6-13-8/h8H,2-7H2,1H3. The fraction of sp³-hybridized carbons (Fsp3) is 0.889. The van der Waals surface area contributed by atoms with Gasteiger partial charge in [-0.05, 0) is 12.8 Å². The Kier molecular flexibility index (Phi) is 2.40. The van der Waals surface area contributed by atoms with Crippen molar-refractivity contribution in [1.82, 2.24) is 9.80 Å². The van der Waals surface area contributed by atoms with E-state index in [0.29, 0.717) is 0 Å². The van der Waals surface area contributed by atoms with Gasteiger partial charge in [0.2, 0.25) is 0 Å². The van der Waals surface area contributed by atoms with Gasteiger partial charge in [0.25, 0.3) is 0 Å². The average Bonchev–Trinajstić information content (AvgIpc) is 2.71. The Morgan fingerprint density at radius 1 is 1.54 bits per heavy atom. The fourth-order valence-corrected chi connectivity index (χ4v) is 1.91. The van der Waals surface area contributed by atoms with Crippen LogP contribution in [0.4, 0.5) is 4.79 Å². The maximum absolute atomic E-state index is 11.5. The summed E-state index contributed by atoms with van der Waals surface area (Å²) in [5.41, 5.74) is 0. The summed E-state index contributed by atoms with van der Waals surface area (Å²) in [5.74, 6) is 0. The number of nitrogens with zero attached hydrogens (tertiary/aromatic N) is 2. The molecule has 2 heterocycles. The van der Waals surface area contributed by atoms with Crippen LogP contribution in [0.2, 0.25) is 0 Å². The van der Waals surface area contributed by atoms with Gasteiger partial charge in [-0.2, -0.15) is 0 Å².